The zero-order valence-corrected chi connectivity index (χ0v) is 13.4. The van der Waals surface area contributed by atoms with Gasteiger partial charge in [0.15, 0.2) is 0 Å². The molecule has 120 valence electrons. The lowest BCUT2D eigenvalue weighted by atomic mass is 10.2. The summed E-state index contributed by atoms with van der Waals surface area (Å²) in [5, 5.41) is 3.43. The molecule has 0 saturated carbocycles. The van der Waals surface area contributed by atoms with Crippen molar-refractivity contribution in [2.24, 2.45) is 0 Å². The van der Waals surface area contributed by atoms with Crippen LogP contribution in [-0.4, -0.2) is 37.7 Å². The van der Waals surface area contributed by atoms with Crippen LogP contribution in [0.3, 0.4) is 0 Å². The van der Waals surface area contributed by atoms with E-state index in [1.807, 2.05) is 6.07 Å². The van der Waals surface area contributed by atoms with Gasteiger partial charge < -0.3 is 10.1 Å². The lowest BCUT2D eigenvalue weighted by Gasteiger charge is -2.26. The van der Waals surface area contributed by atoms with Crippen LogP contribution in [0.2, 0.25) is 0 Å². The molecule has 1 aliphatic heterocycles. The zero-order valence-electron chi connectivity index (χ0n) is 13.4. The molecule has 1 heterocycles. The Morgan fingerprint density at radius 2 is 1.70 bits per heavy atom. The molecule has 0 atom stereocenters. The van der Waals surface area contributed by atoms with Crippen LogP contribution in [0, 0.1) is 0 Å². The first-order valence-corrected chi connectivity index (χ1v) is 8.25. The van der Waals surface area contributed by atoms with Crippen LogP contribution in [0.1, 0.15) is 11.1 Å². The summed E-state index contributed by atoms with van der Waals surface area (Å²) in [6.07, 6.45) is 4.29. The van der Waals surface area contributed by atoms with Gasteiger partial charge in [-0.1, -0.05) is 54.6 Å². The molecule has 3 heteroatoms. The van der Waals surface area contributed by atoms with Gasteiger partial charge in [0.25, 0.3) is 0 Å². The van der Waals surface area contributed by atoms with Gasteiger partial charge in [0.1, 0.15) is 0 Å². The average molecular weight is 308 g/mol. The van der Waals surface area contributed by atoms with Gasteiger partial charge in [-0.25, -0.2) is 0 Å². The summed E-state index contributed by atoms with van der Waals surface area (Å²) < 4.78 is 5.39. The normalized spacial score (nSPS) is 15.8. The summed E-state index contributed by atoms with van der Waals surface area (Å²) in [6.45, 7) is 5.62. The number of nitrogens with one attached hydrogen (secondary N) is 1. The second kappa shape index (κ2) is 8.51. The summed E-state index contributed by atoms with van der Waals surface area (Å²) in [7, 11) is 0. The van der Waals surface area contributed by atoms with E-state index in [0.29, 0.717) is 0 Å². The summed E-state index contributed by atoms with van der Waals surface area (Å²) in [5.74, 6) is 0. The molecule has 2 aromatic rings. The Morgan fingerprint density at radius 3 is 2.43 bits per heavy atom. The van der Waals surface area contributed by atoms with Gasteiger partial charge in [-0.3, -0.25) is 4.90 Å². The number of hydrogen-bond donors (Lipinski definition) is 1. The maximum absolute atomic E-state index is 5.39. The highest BCUT2D eigenvalue weighted by Crippen LogP contribution is 2.12. The Kier molecular flexibility index (Phi) is 5.84. The minimum Gasteiger partial charge on any atom is -0.382 e. The van der Waals surface area contributed by atoms with Crippen molar-refractivity contribution in [3.8, 4) is 0 Å². The molecular formula is C20H24N2O. The number of anilines is 1. The maximum atomic E-state index is 5.39. The van der Waals surface area contributed by atoms with Crippen LogP contribution in [0.5, 0.6) is 0 Å². The molecule has 0 aliphatic carbocycles. The number of nitrogens with zero attached hydrogens (tertiary/aromatic N) is 1. The van der Waals surface area contributed by atoms with E-state index in [9.17, 15) is 0 Å². The minimum absolute atomic E-state index is 0.831. The summed E-state index contributed by atoms with van der Waals surface area (Å²) in [6, 6.07) is 19.1. The second-order valence-electron chi connectivity index (χ2n) is 5.78. The predicted octanol–water partition coefficient (Wildman–Crippen LogP) is 3.64. The largest absolute Gasteiger partial charge is 0.382 e. The van der Waals surface area contributed by atoms with Gasteiger partial charge in [-0.2, -0.15) is 0 Å². The van der Waals surface area contributed by atoms with Gasteiger partial charge in [-0.15, -0.1) is 0 Å². The Bertz CT molecular complexity index is 601. The first-order valence-electron chi connectivity index (χ1n) is 8.25. The zero-order chi connectivity index (χ0) is 15.7. The third-order valence-electron chi connectivity index (χ3n) is 4.00. The fourth-order valence-corrected chi connectivity index (χ4v) is 2.68. The van der Waals surface area contributed by atoms with Gasteiger partial charge in [0.05, 0.1) is 13.2 Å². The van der Waals surface area contributed by atoms with Crippen LogP contribution >= 0.6 is 0 Å². The van der Waals surface area contributed by atoms with E-state index in [0.717, 1.165) is 45.1 Å². The van der Waals surface area contributed by atoms with Crippen molar-refractivity contribution >= 4 is 11.8 Å². The first-order chi connectivity index (χ1) is 11.4. The maximum Gasteiger partial charge on any atom is 0.0594 e. The highest BCUT2D eigenvalue weighted by Gasteiger charge is 2.10. The predicted molar refractivity (Wildman–Crippen MR) is 96.5 cm³/mol. The monoisotopic (exact) mass is 308 g/mol. The van der Waals surface area contributed by atoms with E-state index < -0.39 is 0 Å². The molecule has 3 rings (SSSR count). The number of ether oxygens (including phenoxy) is 1. The number of benzene rings is 2. The molecular weight excluding hydrogens is 284 g/mol. The molecule has 1 N–H and O–H groups in total. The van der Waals surface area contributed by atoms with Gasteiger partial charge in [0.2, 0.25) is 0 Å². The van der Waals surface area contributed by atoms with Crippen LogP contribution in [0.4, 0.5) is 5.69 Å². The van der Waals surface area contributed by atoms with Crippen molar-refractivity contribution in [3.63, 3.8) is 0 Å². The lowest BCUT2D eigenvalue weighted by molar-refractivity contribution is 0.0342. The van der Waals surface area contributed by atoms with E-state index in [1.165, 1.54) is 11.1 Å². The number of rotatable bonds is 6. The number of morpholine rings is 1. The van der Waals surface area contributed by atoms with Crippen molar-refractivity contribution < 1.29 is 4.74 Å². The molecule has 3 nitrogen and oxygen atoms in total. The van der Waals surface area contributed by atoms with E-state index in [2.05, 4.69) is 70.9 Å². The van der Waals surface area contributed by atoms with Gasteiger partial charge in [0, 0.05) is 31.9 Å². The Hall–Kier alpha value is -2.10. The van der Waals surface area contributed by atoms with Crippen molar-refractivity contribution in [2.45, 2.75) is 6.54 Å². The van der Waals surface area contributed by atoms with E-state index in [1.54, 1.807) is 0 Å². The van der Waals surface area contributed by atoms with Crippen molar-refractivity contribution in [3.05, 3.63) is 71.8 Å². The smallest absolute Gasteiger partial charge is 0.0594 e. The Morgan fingerprint density at radius 1 is 0.957 bits per heavy atom. The van der Waals surface area contributed by atoms with Crippen LogP contribution in [0.15, 0.2) is 60.7 Å². The topological polar surface area (TPSA) is 24.5 Å². The van der Waals surface area contributed by atoms with Gasteiger partial charge >= 0.3 is 0 Å². The molecule has 0 aromatic heterocycles. The molecule has 0 amide bonds. The molecule has 1 saturated heterocycles. The van der Waals surface area contributed by atoms with E-state index in [4.69, 9.17) is 4.74 Å². The standard InChI is InChI=1S/C20H24N2O/c1-2-5-18(6-3-1)7-4-12-21-20-10-8-19(9-11-20)17-22-13-15-23-16-14-22/h1-11,21H,12-17H2/b7-4+. The molecule has 0 radical (unpaired) electrons. The molecule has 1 aliphatic rings. The molecule has 1 fully saturated rings. The average Bonchev–Trinajstić information content (AvgIpc) is 2.62. The second-order valence-corrected chi connectivity index (χ2v) is 5.78. The molecule has 0 unspecified atom stereocenters. The Labute approximate surface area is 138 Å². The van der Waals surface area contributed by atoms with Crippen molar-refractivity contribution in [2.75, 3.05) is 38.2 Å². The summed E-state index contributed by atoms with van der Waals surface area (Å²) in [4.78, 5) is 2.44. The first kappa shape index (κ1) is 15.8. The minimum atomic E-state index is 0.831. The van der Waals surface area contributed by atoms with Crippen molar-refractivity contribution in [1.82, 2.24) is 4.90 Å². The van der Waals surface area contributed by atoms with Crippen LogP contribution < -0.4 is 5.32 Å². The quantitative estimate of drug-likeness (QED) is 0.881. The summed E-state index contributed by atoms with van der Waals surface area (Å²) >= 11 is 0. The Balaban J connectivity index is 1.45. The lowest BCUT2D eigenvalue weighted by Crippen LogP contribution is -2.35. The molecule has 23 heavy (non-hydrogen) atoms. The van der Waals surface area contributed by atoms with E-state index >= 15 is 0 Å². The third-order valence-corrected chi connectivity index (χ3v) is 4.00. The van der Waals surface area contributed by atoms with Crippen LogP contribution in [0.25, 0.3) is 6.08 Å². The van der Waals surface area contributed by atoms with Gasteiger partial charge in [-0.05, 0) is 23.3 Å². The van der Waals surface area contributed by atoms with Crippen molar-refractivity contribution in [1.29, 1.82) is 0 Å². The van der Waals surface area contributed by atoms with Crippen LogP contribution in [-0.2, 0) is 11.3 Å². The fraction of sp³-hybridized carbons (Fsp3) is 0.300. The molecule has 0 bridgehead atoms. The van der Waals surface area contributed by atoms with E-state index in [-0.39, 0.29) is 0 Å². The molecule has 0 spiro atoms. The number of hydrogen-bond acceptors (Lipinski definition) is 3. The molecule has 2 aromatic carbocycles. The summed E-state index contributed by atoms with van der Waals surface area (Å²) in [5.41, 5.74) is 3.75. The SMILES string of the molecule is C(=C\c1ccccc1)/CNc1ccc(CN2CCOCC2)cc1. The highest BCUT2D eigenvalue weighted by molar-refractivity contribution is 5.51. The highest BCUT2D eigenvalue weighted by atomic mass is 16.5. The fourth-order valence-electron chi connectivity index (χ4n) is 2.68. The third kappa shape index (κ3) is 5.23.